The van der Waals surface area contributed by atoms with Crippen molar-refractivity contribution in [2.45, 2.75) is 30.8 Å². The van der Waals surface area contributed by atoms with Gasteiger partial charge in [0.2, 0.25) is 5.91 Å². The number of anilines is 1. The molecule has 0 spiro atoms. The molecule has 3 rings (SSSR count). The van der Waals surface area contributed by atoms with Gasteiger partial charge in [0, 0.05) is 23.7 Å². The van der Waals surface area contributed by atoms with E-state index in [1.165, 1.54) is 23.1 Å². The molecule has 1 amide bonds. The van der Waals surface area contributed by atoms with Crippen molar-refractivity contribution in [3.63, 3.8) is 0 Å². The zero-order valence-corrected chi connectivity index (χ0v) is 16.3. The van der Waals surface area contributed by atoms with Crippen LogP contribution in [0.25, 0.3) is 11.4 Å². The summed E-state index contributed by atoms with van der Waals surface area (Å²) < 4.78 is 7.27. The lowest BCUT2D eigenvalue weighted by molar-refractivity contribution is -0.115. The second-order valence-electron chi connectivity index (χ2n) is 5.37. The Morgan fingerprint density at radius 2 is 2.27 bits per heavy atom. The number of nitrogens with zero attached hydrogens (tertiary/aromatic N) is 4. The van der Waals surface area contributed by atoms with Crippen molar-refractivity contribution in [2.75, 3.05) is 12.4 Å². The van der Waals surface area contributed by atoms with Crippen molar-refractivity contribution >= 4 is 34.1 Å². The maximum absolute atomic E-state index is 12.3. The highest BCUT2D eigenvalue weighted by Crippen LogP contribution is 2.29. The molecule has 26 heavy (non-hydrogen) atoms. The molecular weight excluding hydrogens is 370 g/mol. The third-order valence-corrected chi connectivity index (χ3v) is 5.44. The van der Waals surface area contributed by atoms with Gasteiger partial charge in [-0.05, 0) is 26.0 Å². The number of benzene rings is 1. The van der Waals surface area contributed by atoms with Gasteiger partial charge in [-0.3, -0.25) is 4.79 Å². The number of aromatic nitrogens is 4. The highest BCUT2D eigenvalue weighted by atomic mass is 32.2. The molecule has 0 aliphatic carbocycles. The molecule has 0 radical (unpaired) electrons. The predicted octanol–water partition coefficient (Wildman–Crippen LogP) is 3.55. The zero-order valence-electron chi connectivity index (χ0n) is 14.7. The van der Waals surface area contributed by atoms with E-state index >= 15 is 0 Å². The lowest BCUT2D eigenvalue weighted by Gasteiger charge is -2.12. The summed E-state index contributed by atoms with van der Waals surface area (Å²) in [5.41, 5.74) is 0.922. The van der Waals surface area contributed by atoms with E-state index in [1.807, 2.05) is 48.1 Å². The Morgan fingerprint density at radius 1 is 1.42 bits per heavy atom. The molecule has 0 aliphatic rings. The summed E-state index contributed by atoms with van der Waals surface area (Å²) in [5.74, 6) is 1.40. The Labute approximate surface area is 159 Å². The number of ether oxygens (including phenoxy) is 1. The average Bonchev–Trinajstić information content (AvgIpc) is 3.31. The number of methoxy groups -OCH3 is 1. The second kappa shape index (κ2) is 8.33. The molecule has 2 heterocycles. The number of carbonyl (C=O) groups excluding carboxylic acids is 1. The van der Waals surface area contributed by atoms with E-state index in [2.05, 4.69) is 20.5 Å². The minimum Gasteiger partial charge on any atom is -0.497 e. The van der Waals surface area contributed by atoms with Crippen LogP contribution in [0, 0.1) is 0 Å². The first kappa shape index (κ1) is 18.4. The van der Waals surface area contributed by atoms with Crippen LogP contribution in [0.1, 0.15) is 13.8 Å². The molecule has 0 fully saturated rings. The molecule has 0 aliphatic heterocycles. The Balaban J connectivity index is 1.78. The minimum atomic E-state index is -0.327. The molecular formula is C17H19N5O2S2. The van der Waals surface area contributed by atoms with Crippen molar-refractivity contribution in [3.05, 3.63) is 35.8 Å². The molecule has 0 unspecified atom stereocenters. The fourth-order valence-corrected chi connectivity index (χ4v) is 3.79. The van der Waals surface area contributed by atoms with Gasteiger partial charge in [0.05, 0.1) is 12.4 Å². The molecule has 1 atom stereocenters. The normalized spacial score (nSPS) is 12.0. The lowest BCUT2D eigenvalue weighted by atomic mass is 10.2. The van der Waals surface area contributed by atoms with E-state index in [0.717, 1.165) is 17.1 Å². The summed E-state index contributed by atoms with van der Waals surface area (Å²) in [4.78, 5) is 16.4. The van der Waals surface area contributed by atoms with Crippen molar-refractivity contribution in [2.24, 2.45) is 0 Å². The molecule has 1 aromatic carbocycles. The number of thiazole rings is 1. The highest BCUT2D eigenvalue weighted by Gasteiger charge is 2.21. The van der Waals surface area contributed by atoms with Crippen LogP contribution in [0.15, 0.2) is 41.0 Å². The highest BCUT2D eigenvalue weighted by molar-refractivity contribution is 8.00. The molecule has 136 valence electrons. The molecule has 7 nitrogen and oxygen atoms in total. The van der Waals surface area contributed by atoms with Crippen LogP contribution in [0.2, 0.25) is 0 Å². The van der Waals surface area contributed by atoms with Gasteiger partial charge in [-0.2, -0.15) is 0 Å². The Morgan fingerprint density at radius 3 is 2.96 bits per heavy atom. The summed E-state index contributed by atoms with van der Waals surface area (Å²) >= 11 is 2.76. The lowest BCUT2D eigenvalue weighted by Crippen LogP contribution is -2.22. The van der Waals surface area contributed by atoms with Crippen LogP contribution < -0.4 is 10.1 Å². The van der Waals surface area contributed by atoms with E-state index in [-0.39, 0.29) is 11.2 Å². The Hall–Kier alpha value is -2.39. The average molecular weight is 390 g/mol. The summed E-state index contributed by atoms with van der Waals surface area (Å²) in [7, 11) is 1.63. The molecule has 1 N–H and O–H groups in total. The van der Waals surface area contributed by atoms with E-state index < -0.39 is 0 Å². The first-order chi connectivity index (χ1) is 12.6. The van der Waals surface area contributed by atoms with Gasteiger partial charge in [-0.25, -0.2) is 4.98 Å². The van der Waals surface area contributed by atoms with Crippen LogP contribution >= 0.6 is 23.1 Å². The molecule has 2 aromatic heterocycles. The Kier molecular flexibility index (Phi) is 5.89. The van der Waals surface area contributed by atoms with Crippen LogP contribution in [0.4, 0.5) is 5.13 Å². The maximum Gasteiger partial charge on any atom is 0.239 e. The van der Waals surface area contributed by atoms with Crippen LogP contribution in [-0.2, 0) is 11.3 Å². The third kappa shape index (κ3) is 4.05. The zero-order chi connectivity index (χ0) is 18.5. The topological polar surface area (TPSA) is 81.9 Å². The summed E-state index contributed by atoms with van der Waals surface area (Å²) in [5, 5.41) is 14.2. The van der Waals surface area contributed by atoms with Gasteiger partial charge >= 0.3 is 0 Å². The van der Waals surface area contributed by atoms with Crippen LogP contribution in [0.3, 0.4) is 0 Å². The summed E-state index contributed by atoms with van der Waals surface area (Å²) in [6.07, 6.45) is 1.66. The fourth-order valence-electron chi connectivity index (χ4n) is 2.34. The van der Waals surface area contributed by atoms with Crippen molar-refractivity contribution in [1.29, 1.82) is 0 Å². The van der Waals surface area contributed by atoms with Crippen molar-refractivity contribution in [1.82, 2.24) is 19.7 Å². The number of thioether (sulfide) groups is 1. The number of hydrogen-bond donors (Lipinski definition) is 1. The van der Waals surface area contributed by atoms with E-state index in [9.17, 15) is 4.79 Å². The number of carbonyl (C=O) groups is 1. The SMILES string of the molecule is CCn1c(S[C@H](C)C(=O)Nc2nccs2)nnc1-c1cccc(OC)c1. The predicted molar refractivity (Wildman–Crippen MR) is 104 cm³/mol. The molecule has 0 saturated carbocycles. The van der Waals surface area contributed by atoms with E-state index in [1.54, 1.807) is 13.3 Å². The van der Waals surface area contributed by atoms with Crippen molar-refractivity contribution in [3.8, 4) is 17.1 Å². The van der Waals surface area contributed by atoms with Gasteiger partial charge in [0.1, 0.15) is 5.75 Å². The first-order valence-electron chi connectivity index (χ1n) is 8.07. The van der Waals surface area contributed by atoms with Crippen LogP contribution in [0.5, 0.6) is 5.75 Å². The number of amides is 1. The Bertz CT molecular complexity index is 879. The number of nitrogens with one attached hydrogen (secondary N) is 1. The van der Waals surface area contributed by atoms with Gasteiger partial charge in [-0.1, -0.05) is 23.9 Å². The van der Waals surface area contributed by atoms with Crippen LogP contribution in [-0.4, -0.2) is 38.0 Å². The van der Waals surface area contributed by atoms with Gasteiger partial charge in [-0.15, -0.1) is 21.5 Å². The largest absolute Gasteiger partial charge is 0.497 e. The minimum absolute atomic E-state index is 0.112. The van der Waals surface area contributed by atoms with E-state index in [0.29, 0.717) is 16.8 Å². The second-order valence-corrected chi connectivity index (χ2v) is 7.57. The van der Waals surface area contributed by atoms with Gasteiger partial charge < -0.3 is 14.6 Å². The first-order valence-corrected chi connectivity index (χ1v) is 9.83. The third-order valence-electron chi connectivity index (χ3n) is 3.67. The monoisotopic (exact) mass is 389 g/mol. The quantitative estimate of drug-likeness (QED) is 0.622. The van der Waals surface area contributed by atoms with Gasteiger partial charge in [0.25, 0.3) is 0 Å². The van der Waals surface area contributed by atoms with Gasteiger partial charge in [0.15, 0.2) is 16.1 Å². The summed E-state index contributed by atoms with van der Waals surface area (Å²) in [6, 6.07) is 7.69. The molecule has 0 bridgehead atoms. The standard InChI is InChI=1S/C17H19N5O2S2/c1-4-22-14(12-6-5-7-13(10-12)24-3)20-21-17(22)26-11(2)15(23)19-16-18-8-9-25-16/h5-11H,4H2,1-3H3,(H,18,19,23)/t11-/m1/s1. The fraction of sp³-hybridized carbons (Fsp3) is 0.294. The van der Waals surface area contributed by atoms with E-state index in [4.69, 9.17) is 4.74 Å². The number of hydrogen-bond acceptors (Lipinski definition) is 7. The number of rotatable bonds is 7. The smallest absolute Gasteiger partial charge is 0.239 e. The molecule has 0 saturated heterocycles. The maximum atomic E-state index is 12.3. The summed E-state index contributed by atoms with van der Waals surface area (Å²) in [6.45, 7) is 4.56. The molecule has 9 heteroatoms. The molecule has 3 aromatic rings. The van der Waals surface area contributed by atoms with Crippen molar-refractivity contribution < 1.29 is 9.53 Å².